The number of ether oxygens (including phenoxy) is 2. The lowest BCUT2D eigenvalue weighted by Gasteiger charge is -2.22. The molecule has 0 radical (unpaired) electrons. The molecule has 0 aliphatic carbocycles. The minimum absolute atomic E-state index is 0.276. The predicted molar refractivity (Wildman–Crippen MR) is 69.0 cm³/mol. The Bertz CT molecular complexity index is 395. The van der Waals surface area contributed by atoms with Gasteiger partial charge in [0, 0.05) is 11.1 Å². The Morgan fingerprint density at radius 3 is 2.00 bits per heavy atom. The fourth-order valence-electron chi connectivity index (χ4n) is 2.24. The molecule has 0 aliphatic rings. The van der Waals surface area contributed by atoms with Gasteiger partial charge in [-0.1, -0.05) is 13.8 Å². The Labute approximate surface area is 103 Å². The molecule has 3 heteroatoms. The van der Waals surface area contributed by atoms with E-state index in [-0.39, 0.29) is 5.92 Å². The van der Waals surface area contributed by atoms with Crippen LogP contribution in [0.15, 0.2) is 6.07 Å². The molecule has 17 heavy (non-hydrogen) atoms. The normalized spacial score (nSPS) is 12.7. The Kier molecular flexibility index (Phi) is 4.40. The SMILES string of the molecule is COc1cc(C)c(C(C)O)c(OC)c1C(C)C. The molecule has 1 unspecified atom stereocenters. The van der Waals surface area contributed by atoms with Crippen molar-refractivity contribution in [3.8, 4) is 11.5 Å². The molecular formula is C14H22O3. The van der Waals surface area contributed by atoms with Gasteiger partial charge in [0.1, 0.15) is 11.5 Å². The molecule has 0 amide bonds. The Morgan fingerprint density at radius 1 is 1.06 bits per heavy atom. The molecule has 1 atom stereocenters. The van der Waals surface area contributed by atoms with Crippen molar-refractivity contribution >= 4 is 0 Å². The third-order valence-electron chi connectivity index (χ3n) is 2.95. The van der Waals surface area contributed by atoms with Crippen LogP contribution in [0.3, 0.4) is 0 Å². The van der Waals surface area contributed by atoms with Gasteiger partial charge >= 0.3 is 0 Å². The molecule has 0 bridgehead atoms. The van der Waals surface area contributed by atoms with Crippen LogP contribution in [-0.2, 0) is 0 Å². The minimum Gasteiger partial charge on any atom is -0.496 e. The van der Waals surface area contributed by atoms with Crippen molar-refractivity contribution in [3.63, 3.8) is 0 Å². The third-order valence-corrected chi connectivity index (χ3v) is 2.95. The van der Waals surface area contributed by atoms with Crippen molar-refractivity contribution in [3.05, 3.63) is 22.8 Å². The van der Waals surface area contributed by atoms with E-state index in [0.717, 1.165) is 28.2 Å². The lowest BCUT2D eigenvalue weighted by molar-refractivity contribution is 0.193. The van der Waals surface area contributed by atoms with E-state index in [4.69, 9.17) is 9.47 Å². The van der Waals surface area contributed by atoms with Crippen LogP contribution in [0.25, 0.3) is 0 Å². The molecule has 0 heterocycles. The number of aliphatic hydroxyl groups is 1. The van der Waals surface area contributed by atoms with Crippen LogP contribution in [-0.4, -0.2) is 19.3 Å². The number of hydrogen-bond acceptors (Lipinski definition) is 3. The van der Waals surface area contributed by atoms with Crippen molar-refractivity contribution in [2.75, 3.05) is 14.2 Å². The number of hydrogen-bond donors (Lipinski definition) is 1. The second-order valence-electron chi connectivity index (χ2n) is 4.59. The van der Waals surface area contributed by atoms with Crippen molar-refractivity contribution in [2.45, 2.75) is 39.7 Å². The number of methoxy groups -OCH3 is 2. The zero-order valence-electron chi connectivity index (χ0n) is 11.5. The summed E-state index contributed by atoms with van der Waals surface area (Å²) < 4.78 is 10.9. The lowest BCUT2D eigenvalue weighted by atomic mass is 9.92. The molecule has 0 spiro atoms. The smallest absolute Gasteiger partial charge is 0.132 e. The van der Waals surface area contributed by atoms with Crippen LogP contribution >= 0.6 is 0 Å². The lowest BCUT2D eigenvalue weighted by Crippen LogP contribution is -2.06. The van der Waals surface area contributed by atoms with E-state index in [0.29, 0.717) is 0 Å². The summed E-state index contributed by atoms with van der Waals surface area (Å²) in [5.74, 6) is 1.84. The zero-order chi connectivity index (χ0) is 13.2. The van der Waals surface area contributed by atoms with Crippen LogP contribution in [0.5, 0.6) is 11.5 Å². The molecule has 0 saturated carbocycles. The van der Waals surface area contributed by atoms with Gasteiger partial charge in [0.15, 0.2) is 0 Å². The molecule has 0 fully saturated rings. The maximum absolute atomic E-state index is 9.87. The first-order valence-electron chi connectivity index (χ1n) is 5.87. The largest absolute Gasteiger partial charge is 0.496 e. The monoisotopic (exact) mass is 238 g/mol. The molecule has 1 aromatic rings. The van der Waals surface area contributed by atoms with E-state index in [1.54, 1.807) is 21.1 Å². The first-order valence-corrected chi connectivity index (χ1v) is 5.87. The third kappa shape index (κ3) is 2.55. The topological polar surface area (TPSA) is 38.7 Å². The van der Waals surface area contributed by atoms with Gasteiger partial charge in [0.25, 0.3) is 0 Å². The summed E-state index contributed by atoms with van der Waals surface area (Å²) in [6, 6.07) is 1.96. The summed E-state index contributed by atoms with van der Waals surface area (Å²) >= 11 is 0. The number of rotatable bonds is 4. The van der Waals surface area contributed by atoms with Gasteiger partial charge in [-0.25, -0.2) is 0 Å². The van der Waals surface area contributed by atoms with Crippen LogP contribution in [0.2, 0.25) is 0 Å². The average Bonchev–Trinajstić information content (AvgIpc) is 2.25. The van der Waals surface area contributed by atoms with Gasteiger partial charge < -0.3 is 14.6 Å². The quantitative estimate of drug-likeness (QED) is 0.875. The van der Waals surface area contributed by atoms with Crippen LogP contribution < -0.4 is 9.47 Å². The van der Waals surface area contributed by atoms with Crippen molar-refractivity contribution in [1.82, 2.24) is 0 Å². The standard InChI is InChI=1S/C14H22O3/c1-8(2)12-11(16-5)7-9(3)13(10(4)15)14(12)17-6/h7-8,10,15H,1-6H3. The van der Waals surface area contributed by atoms with E-state index < -0.39 is 6.10 Å². The highest BCUT2D eigenvalue weighted by atomic mass is 16.5. The summed E-state index contributed by atoms with van der Waals surface area (Å²) in [5, 5.41) is 9.87. The highest BCUT2D eigenvalue weighted by Crippen LogP contribution is 2.41. The van der Waals surface area contributed by atoms with Crippen LogP contribution in [0, 0.1) is 6.92 Å². The minimum atomic E-state index is -0.548. The first kappa shape index (κ1) is 13.8. The maximum atomic E-state index is 9.87. The van der Waals surface area contributed by atoms with Crippen molar-refractivity contribution in [1.29, 1.82) is 0 Å². The zero-order valence-corrected chi connectivity index (χ0v) is 11.5. The van der Waals surface area contributed by atoms with Gasteiger partial charge in [-0.2, -0.15) is 0 Å². The summed E-state index contributed by atoms with van der Waals surface area (Å²) in [7, 11) is 3.29. The van der Waals surface area contributed by atoms with Crippen molar-refractivity contribution < 1.29 is 14.6 Å². The number of aliphatic hydroxyl groups excluding tert-OH is 1. The summed E-state index contributed by atoms with van der Waals surface area (Å²) in [4.78, 5) is 0. The van der Waals surface area contributed by atoms with Gasteiger partial charge in [-0.3, -0.25) is 0 Å². The maximum Gasteiger partial charge on any atom is 0.132 e. The fraction of sp³-hybridized carbons (Fsp3) is 0.571. The molecule has 0 aromatic heterocycles. The van der Waals surface area contributed by atoms with E-state index in [1.165, 1.54) is 0 Å². The number of aryl methyl sites for hydroxylation is 1. The molecule has 1 aromatic carbocycles. The molecule has 1 rings (SSSR count). The molecule has 96 valence electrons. The van der Waals surface area contributed by atoms with E-state index >= 15 is 0 Å². The van der Waals surface area contributed by atoms with E-state index in [2.05, 4.69) is 13.8 Å². The van der Waals surface area contributed by atoms with E-state index in [1.807, 2.05) is 13.0 Å². The Balaban J connectivity index is 3.59. The Hall–Kier alpha value is -1.22. The summed E-state index contributed by atoms with van der Waals surface area (Å²) in [5.41, 5.74) is 2.84. The second-order valence-corrected chi connectivity index (χ2v) is 4.59. The van der Waals surface area contributed by atoms with Crippen LogP contribution in [0.1, 0.15) is 49.5 Å². The van der Waals surface area contributed by atoms with Crippen LogP contribution in [0.4, 0.5) is 0 Å². The summed E-state index contributed by atoms with van der Waals surface area (Å²) in [6.07, 6.45) is -0.548. The van der Waals surface area contributed by atoms with Gasteiger partial charge in [-0.15, -0.1) is 0 Å². The number of benzene rings is 1. The fourth-order valence-corrected chi connectivity index (χ4v) is 2.24. The van der Waals surface area contributed by atoms with Crippen molar-refractivity contribution in [2.24, 2.45) is 0 Å². The molecule has 0 saturated heterocycles. The molecule has 3 nitrogen and oxygen atoms in total. The molecule has 1 N–H and O–H groups in total. The summed E-state index contributed by atoms with van der Waals surface area (Å²) in [6.45, 7) is 7.88. The Morgan fingerprint density at radius 2 is 1.65 bits per heavy atom. The predicted octanol–water partition coefficient (Wildman–Crippen LogP) is 3.19. The first-order chi connectivity index (χ1) is 7.93. The van der Waals surface area contributed by atoms with Gasteiger partial charge in [0.05, 0.1) is 20.3 Å². The molecular weight excluding hydrogens is 216 g/mol. The molecule has 0 aliphatic heterocycles. The second kappa shape index (κ2) is 5.41. The average molecular weight is 238 g/mol. The van der Waals surface area contributed by atoms with Gasteiger partial charge in [-0.05, 0) is 31.4 Å². The highest BCUT2D eigenvalue weighted by molar-refractivity contribution is 5.56. The van der Waals surface area contributed by atoms with E-state index in [9.17, 15) is 5.11 Å². The highest BCUT2D eigenvalue weighted by Gasteiger charge is 2.22. The van der Waals surface area contributed by atoms with Gasteiger partial charge in [0.2, 0.25) is 0 Å².